The summed E-state index contributed by atoms with van der Waals surface area (Å²) in [4.78, 5) is 0.234. The first-order valence-electron chi connectivity index (χ1n) is 6.37. The van der Waals surface area contributed by atoms with Gasteiger partial charge >= 0.3 is 0 Å². The van der Waals surface area contributed by atoms with Gasteiger partial charge in [0, 0.05) is 16.7 Å². The molecule has 1 aromatic carbocycles. The van der Waals surface area contributed by atoms with Crippen LogP contribution in [0.15, 0.2) is 27.6 Å². The highest BCUT2D eigenvalue weighted by molar-refractivity contribution is 9.10. The maximum atomic E-state index is 12.0. The zero-order valence-corrected chi connectivity index (χ0v) is 13.7. The van der Waals surface area contributed by atoms with E-state index in [0.717, 1.165) is 19.3 Å². The number of unbranched alkanes of at least 4 members (excludes halogenated alkanes) is 1. The molecule has 0 spiro atoms. The van der Waals surface area contributed by atoms with Crippen molar-refractivity contribution >= 4 is 31.6 Å². The molecule has 19 heavy (non-hydrogen) atoms. The number of rotatable bonds is 7. The van der Waals surface area contributed by atoms with Gasteiger partial charge in [-0.2, -0.15) is 0 Å². The number of nitrogen functional groups attached to an aromatic ring is 1. The van der Waals surface area contributed by atoms with E-state index in [0.29, 0.717) is 22.6 Å². The molecule has 0 unspecified atom stereocenters. The van der Waals surface area contributed by atoms with E-state index >= 15 is 0 Å². The summed E-state index contributed by atoms with van der Waals surface area (Å²) in [6, 6.07) is 4.61. The Kier molecular flexibility index (Phi) is 6.29. The number of benzene rings is 1. The summed E-state index contributed by atoms with van der Waals surface area (Å²) in [6.07, 6.45) is 3.01. The lowest BCUT2D eigenvalue weighted by atomic mass is 10.1. The number of sulfonamides is 1. The van der Waals surface area contributed by atoms with Crippen molar-refractivity contribution < 1.29 is 8.42 Å². The number of nitrogens with two attached hydrogens (primary N) is 1. The molecule has 3 N–H and O–H groups in total. The Balaban J connectivity index is 2.54. The van der Waals surface area contributed by atoms with Crippen LogP contribution in [-0.4, -0.2) is 15.0 Å². The normalized spacial score (nSPS) is 12.0. The molecule has 0 heterocycles. The van der Waals surface area contributed by atoms with Crippen LogP contribution in [0.25, 0.3) is 0 Å². The van der Waals surface area contributed by atoms with Gasteiger partial charge in [-0.25, -0.2) is 13.1 Å². The Morgan fingerprint density at radius 1 is 1.32 bits per heavy atom. The van der Waals surface area contributed by atoms with Crippen LogP contribution < -0.4 is 10.5 Å². The van der Waals surface area contributed by atoms with Gasteiger partial charge in [0.15, 0.2) is 0 Å². The summed E-state index contributed by atoms with van der Waals surface area (Å²) in [6.45, 7) is 4.79. The fourth-order valence-corrected chi connectivity index (χ4v) is 3.27. The molecule has 0 radical (unpaired) electrons. The molecule has 0 aliphatic carbocycles. The van der Waals surface area contributed by atoms with Crippen molar-refractivity contribution in [2.75, 3.05) is 12.3 Å². The van der Waals surface area contributed by atoms with Crippen LogP contribution in [-0.2, 0) is 10.0 Å². The highest BCUT2D eigenvalue weighted by atomic mass is 79.9. The Bertz CT molecular complexity index is 515. The fraction of sp³-hybridized carbons (Fsp3) is 0.538. The van der Waals surface area contributed by atoms with Gasteiger partial charge in [-0.1, -0.05) is 26.7 Å². The summed E-state index contributed by atoms with van der Waals surface area (Å²) in [5, 5.41) is 0. The third-order valence-corrected chi connectivity index (χ3v) is 4.93. The highest BCUT2D eigenvalue weighted by Crippen LogP contribution is 2.22. The van der Waals surface area contributed by atoms with Crippen molar-refractivity contribution in [2.45, 2.75) is 38.0 Å². The number of hydrogen-bond donors (Lipinski definition) is 2. The van der Waals surface area contributed by atoms with Gasteiger partial charge in [0.2, 0.25) is 10.0 Å². The molecule has 108 valence electrons. The molecule has 0 aliphatic rings. The molecule has 4 nitrogen and oxygen atoms in total. The largest absolute Gasteiger partial charge is 0.398 e. The van der Waals surface area contributed by atoms with Crippen molar-refractivity contribution in [3.8, 4) is 0 Å². The van der Waals surface area contributed by atoms with Crippen LogP contribution in [0.3, 0.4) is 0 Å². The van der Waals surface area contributed by atoms with E-state index in [1.165, 1.54) is 12.1 Å². The molecule has 1 rings (SSSR count). The number of nitrogens with one attached hydrogen (secondary N) is 1. The van der Waals surface area contributed by atoms with Gasteiger partial charge in [-0.3, -0.25) is 0 Å². The Morgan fingerprint density at radius 2 is 2.00 bits per heavy atom. The summed E-state index contributed by atoms with van der Waals surface area (Å²) in [7, 11) is -3.44. The third-order valence-electron chi connectivity index (χ3n) is 2.78. The standard InChI is InChI=1S/C13H21BrN2O2S/c1-10(2)5-3-4-8-16-19(17,18)11-6-7-13(15)12(14)9-11/h6-7,9-10,16H,3-5,8,15H2,1-2H3. The average molecular weight is 349 g/mol. The second-order valence-electron chi connectivity index (χ2n) is 4.97. The first-order chi connectivity index (χ1) is 8.83. The summed E-state index contributed by atoms with van der Waals surface area (Å²) < 4.78 is 27.2. The van der Waals surface area contributed by atoms with Gasteiger partial charge in [0.1, 0.15) is 0 Å². The third kappa shape index (κ3) is 5.50. The summed E-state index contributed by atoms with van der Waals surface area (Å²) >= 11 is 3.23. The van der Waals surface area contributed by atoms with Crippen molar-refractivity contribution in [1.82, 2.24) is 4.72 Å². The minimum Gasteiger partial charge on any atom is -0.398 e. The minimum atomic E-state index is -3.44. The topological polar surface area (TPSA) is 72.2 Å². The molecule has 0 aromatic heterocycles. The van der Waals surface area contributed by atoms with Crippen LogP contribution in [0.5, 0.6) is 0 Å². The molecular weight excluding hydrogens is 328 g/mol. The molecule has 0 saturated heterocycles. The molecule has 0 atom stereocenters. The Hall–Kier alpha value is -0.590. The molecule has 0 saturated carbocycles. The minimum absolute atomic E-state index is 0.234. The van der Waals surface area contributed by atoms with Crippen LogP contribution in [0.1, 0.15) is 33.1 Å². The van der Waals surface area contributed by atoms with Crippen molar-refractivity contribution in [2.24, 2.45) is 5.92 Å². The molecular formula is C13H21BrN2O2S. The highest BCUT2D eigenvalue weighted by Gasteiger charge is 2.14. The van der Waals surface area contributed by atoms with Crippen molar-refractivity contribution in [1.29, 1.82) is 0 Å². The van der Waals surface area contributed by atoms with Crippen LogP contribution in [0, 0.1) is 5.92 Å². The lowest BCUT2D eigenvalue weighted by Gasteiger charge is -2.08. The van der Waals surface area contributed by atoms with Crippen LogP contribution in [0.4, 0.5) is 5.69 Å². The van der Waals surface area contributed by atoms with E-state index in [1.54, 1.807) is 6.07 Å². The fourth-order valence-electron chi connectivity index (χ4n) is 1.64. The Morgan fingerprint density at radius 3 is 2.58 bits per heavy atom. The first kappa shape index (κ1) is 16.5. The zero-order chi connectivity index (χ0) is 14.5. The molecule has 6 heteroatoms. The van der Waals surface area contributed by atoms with E-state index in [4.69, 9.17) is 5.73 Å². The monoisotopic (exact) mass is 348 g/mol. The van der Waals surface area contributed by atoms with E-state index < -0.39 is 10.0 Å². The van der Waals surface area contributed by atoms with Gasteiger partial charge in [-0.05, 0) is 46.5 Å². The van der Waals surface area contributed by atoms with Gasteiger partial charge in [0.05, 0.1) is 4.90 Å². The van der Waals surface area contributed by atoms with Crippen LogP contribution >= 0.6 is 15.9 Å². The lowest BCUT2D eigenvalue weighted by molar-refractivity contribution is 0.530. The quantitative estimate of drug-likeness (QED) is 0.587. The SMILES string of the molecule is CC(C)CCCCNS(=O)(=O)c1ccc(N)c(Br)c1. The molecule has 0 fully saturated rings. The predicted molar refractivity (Wildman–Crippen MR) is 82.4 cm³/mol. The predicted octanol–water partition coefficient (Wildman–Crippen LogP) is 3.14. The summed E-state index contributed by atoms with van der Waals surface area (Å²) in [5.74, 6) is 0.657. The summed E-state index contributed by atoms with van der Waals surface area (Å²) in [5.41, 5.74) is 6.16. The zero-order valence-electron chi connectivity index (χ0n) is 11.3. The van der Waals surface area contributed by atoms with E-state index in [-0.39, 0.29) is 4.90 Å². The number of hydrogen-bond acceptors (Lipinski definition) is 3. The second-order valence-corrected chi connectivity index (χ2v) is 7.59. The lowest BCUT2D eigenvalue weighted by Crippen LogP contribution is -2.24. The van der Waals surface area contributed by atoms with E-state index in [1.807, 2.05) is 0 Å². The van der Waals surface area contributed by atoms with E-state index in [9.17, 15) is 8.42 Å². The molecule has 1 aromatic rings. The second kappa shape index (κ2) is 7.26. The first-order valence-corrected chi connectivity index (χ1v) is 8.65. The van der Waals surface area contributed by atoms with Gasteiger partial charge in [0.25, 0.3) is 0 Å². The number of halogens is 1. The molecule has 0 aliphatic heterocycles. The maximum Gasteiger partial charge on any atom is 0.240 e. The van der Waals surface area contributed by atoms with Crippen molar-refractivity contribution in [3.63, 3.8) is 0 Å². The average Bonchev–Trinajstić information content (AvgIpc) is 2.31. The van der Waals surface area contributed by atoms with E-state index in [2.05, 4.69) is 34.5 Å². The number of anilines is 1. The van der Waals surface area contributed by atoms with Gasteiger partial charge in [-0.15, -0.1) is 0 Å². The Labute approximate surface area is 124 Å². The van der Waals surface area contributed by atoms with Crippen molar-refractivity contribution in [3.05, 3.63) is 22.7 Å². The molecule has 0 bridgehead atoms. The smallest absolute Gasteiger partial charge is 0.240 e. The van der Waals surface area contributed by atoms with Crippen LogP contribution in [0.2, 0.25) is 0 Å². The molecule has 0 amide bonds. The van der Waals surface area contributed by atoms with Gasteiger partial charge < -0.3 is 5.73 Å². The maximum absolute atomic E-state index is 12.0.